The van der Waals surface area contributed by atoms with Crippen molar-refractivity contribution in [3.63, 3.8) is 0 Å². The quantitative estimate of drug-likeness (QED) is 0.718. The number of carbonyl (C=O) groups excluding carboxylic acids is 1. The lowest BCUT2D eigenvalue weighted by Crippen LogP contribution is -2.28. The van der Waals surface area contributed by atoms with Gasteiger partial charge in [-0.25, -0.2) is 4.68 Å². The molecule has 1 heterocycles. The van der Waals surface area contributed by atoms with E-state index in [1.54, 1.807) is 6.07 Å². The molecule has 0 radical (unpaired) electrons. The first-order valence-electron chi connectivity index (χ1n) is 8.36. The molecule has 0 amide bonds. The summed E-state index contributed by atoms with van der Waals surface area (Å²) in [4.78, 5) is 24.9. The number of aromatic nitrogens is 3. The average Bonchev–Trinajstić information content (AvgIpc) is 2.58. The zero-order valence-corrected chi connectivity index (χ0v) is 14.7. The Labute approximate surface area is 146 Å². The maximum atomic E-state index is 12.5. The standard InChI is InChI=1S/C20H21N3O2/c1-13-4-7-16(8-5-13)15(3)11-17(24)12-23-20(25)18-9-6-14(2)10-19(18)21-22-23/h4-10,15H,11-12H2,1-3H3/t15-/m1/s1. The van der Waals surface area contributed by atoms with Gasteiger partial charge >= 0.3 is 0 Å². The van der Waals surface area contributed by atoms with Gasteiger partial charge in [0.05, 0.1) is 5.39 Å². The molecule has 0 N–H and O–H groups in total. The Kier molecular flexibility index (Phi) is 4.74. The highest BCUT2D eigenvalue weighted by atomic mass is 16.1. The van der Waals surface area contributed by atoms with E-state index in [0.717, 1.165) is 15.8 Å². The molecule has 0 fully saturated rings. The molecule has 0 saturated heterocycles. The number of aryl methyl sites for hydroxylation is 2. The zero-order valence-electron chi connectivity index (χ0n) is 14.7. The third-order valence-corrected chi connectivity index (χ3v) is 4.38. The number of carbonyl (C=O) groups is 1. The summed E-state index contributed by atoms with van der Waals surface area (Å²) in [6.07, 6.45) is 0.364. The Morgan fingerprint density at radius 1 is 1.08 bits per heavy atom. The van der Waals surface area contributed by atoms with Gasteiger partial charge in [0.2, 0.25) is 0 Å². The van der Waals surface area contributed by atoms with Crippen LogP contribution in [0.5, 0.6) is 0 Å². The van der Waals surface area contributed by atoms with E-state index in [2.05, 4.69) is 10.3 Å². The van der Waals surface area contributed by atoms with E-state index in [1.165, 1.54) is 5.56 Å². The van der Waals surface area contributed by atoms with Crippen LogP contribution in [-0.4, -0.2) is 20.8 Å². The SMILES string of the molecule is Cc1ccc([C@H](C)CC(=O)Cn2nnc3cc(C)ccc3c2=O)cc1. The molecule has 0 bridgehead atoms. The summed E-state index contributed by atoms with van der Waals surface area (Å²) in [5.74, 6) is 0.0656. The molecule has 2 aromatic carbocycles. The van der Waals surface area contributed by atoms with Crippen LogP contribution in [-0.2, 0) is 11.3 Å². The van der Waals surface area contributed by atoms with Crippen molar-refractivity contribution in [2.45, 2.75) is 39.7 Å². The van der Waals surface area contributed by atoms with Crippen LogP contribution in [0.25, 0.3) is 10.9 Å². The predicted octanol–water partition coefficient (Wildman–Crippen LogP) is 3.17. The van der Waals surface area contributed by atoms with E-state index in [9.17, 15) is 9.59 Å². The fourth-order valence-corrected chi connectivity index (χ4v) is 2.88. The smallest absolute Gasteiger partial charge is 0.278 e. The summed E-state index contributed by atoms with van der Waals surface area (Å²) in [5.41, 5.74) is 3.60. The van der Waals surface area contributed by atoms with Crippen LogP contribution in [0.4, 0.5) is 0 Å². The fraction of sp³-hybridized carbons (Fsp3) is 0.300. The Morgan fingerprint density at radius 2 is 1.76 bits per heavy atom. The molecule has 25 heavy (non-hydrogen) atoms. The second-order valence-corrected chi connectivity index (χ2v) is 6.63. The Balaban J connectivity index is 1.75. The second-order valence-electron chi connectivity index (χ2n) is 6.63. The molecule has 5 heteroatoms. The number of Topliss-reactive ketones (excluding diaryl/α,β-unsaturated/α-hetero) is 1. The third-order valence-electron chi connectivity index (χ3n) is 4.38. The fourth-order valence-electron chi connectivity index (χ4n) is 2.88. The lowest BCUT2D eigenvalue weighted by molar-refractivity contribution is -0.120. The molecular weight excluding hydrogens is 314 g/mol. The second kappa shape index (κ2) is 6.97. The number of rotatable bonds is 5. The van der Waals surface area contributed by atoms with Crippen molar-refractivity contribution in [1.82, 2.24) is 15.0 Å². The number of nitrogens with zero attached hydrogens (tertiary/aromatic N) is 3. The van der Waals surface area contributed by atoms with Crippen LogP contribution < -0.4 is 5.56 Å². The van der Waals surface area contributed by atoms with Gasteiger partial charge in [-0.2, -0.15) is 0 Å². The number of hydrogen-bond donors (Lipinski definition) is 0. The normalized spacial score (nSPS) is 12.3. The Bertz CT molecular complexity index is 974. The van der Waals surface area contributed by atoms with E-state index in [-0.39, 0.29) is 23.8 Å². The van der Waals surface area contributed by atoms with Crippen molar-refractivity contribution in [1.29, 1.82) is 0 Å². The zero-order chi connectivity index (χ0) is 18.0. The minimum Gasteiger partial charge on any atom is -0.298 e. The predicted molar refractivity (Wildman–Crippen MR) is 97.8 cm³/mol. The van der Waals surface area contributed by atoms with Gasteiger partial charge in [-0.3, -0.25) is 9.59 Å². The summed E-state index contributed by atoms with van der Waals surface area (Å²) >= 11 is 0. The van der Waals surface area contributed by atoms with Crippen LogP contribution in [0.2, 0.25) is 0 Å². The molecule has 3 rings (SSSR count). The van der Waals surface area contributed by atoms with Crippen LogP contribution in [0.15, 0.2) is 47.3 Å². The maximum Gasteiger partial charge on any atom is 0.278 e. The largest absolute Gasteiger partial charge is 0.298 e. The summed E-state index contributed by atoms with van der Waals surface area (Å²) in [6.45, 7) is 5.93. The van der Waals surface area contributed by atoms with E-state index in [0.29, 0.717) is 17.3 Å². The van der Waals surface area contributed by atoms with Crippen LogP contribution >= 0.6 is 0 Å². The summed E-state index contributed by atoms with van der Waals surface area (Å²) in [5, 5.41) is 8.46. The monoisotopic (exact) mass is 335 g/mol. The van der Waals surface area contributed by atoms with Gasteiger partial charge in [0.25, 0.3) is 5.56 Å². The number of benzene rings is 2. The molecule has 0 aliphatic carbocycles. The van der Waals surface area contributed by atoms with Gasteiger partial charge in [-0.15, -0.1) is 5.10 Å². The molecule has 1 atom stereocenters. The van der Waals surface area contributed by atoms with Crippen LogP contribution in [0.3, 0.4) is 0 Å². The first-order valence-corrected chi connectivity index (χ1v) is 8.36. The summed E-state index contributed by atoms with van der Waals surface area (Å²) in [7, 11) is 0. The molecule has 0 spiro atoms. The molecule has 0 saturated carbocycles. The minimum atomic E-state index is -0.277. The highest BCUT2D eigenvalue weighted by Gasteiger charge is 2.14. The van der Waals surface area contributed by atoms with Gasteiger partial charge in [0.1, 0.15) is 12.1 Å². The number of ketones is 1. The molecular formula is C20H21N3O2. The van der Waals surface area contributed by atoms with Gasteiger partial charge in [-0.1, -0.05) is 48.0 Å². The summed E-state index contributed by atoms with van der Waals surface area (Å²) < 4.78 is 1.15. The van der Waals surface area contributed by atoms with Crippen molar-refractivity contribution in [2.24, 2.45) is 0 Å². The Morgan fingerprint density at radius 3 is 2.48 bits per heavy atom. The van der Waals surface area contributed by atoms with Gasteiger partial charge in [0, 0.05) is 6.42 Å². The van der Waals surface area contributed by atoms with Crippen molar-refractivity contribution in [3.8, 4) is 0 Å². The molecule has 128 valence electrons. The van der Waals surface area contributed by atoms with Crippen molar-refractivity contribution in [2.75, 3.05) is 0 Å². The molecule has 0 unspecified atom stereocenters. The lowest BCUT2D eigenvalue weighted by Gasteiger charge is -2.12. The molecule has 5 nitrogen and oxygen atoms in total. The van der Waals surface area contributed by atoms with Crippen molar-refractivity contribution >= 4 is 16.7 Å². The van der Waals surface area contributed by atoms with Crippen LogP contribution in [0.1, 0.15) is 36.0 Å². The average molecular weight is 335 g/mol. The first kappa shape index (κ1) is 17.0. The van der Waals surface area contributed by atoms with Crippen molar-refractivity contribution < 1.29 is 4.79 Å². The highest BCUT2D eigenvalue weighted by Crippen LogP contribution is 2.20. The van der Waals surface area contributed by atoms with E-state index < -0.39 is 0 Å². The Hall–Kier alpha value is -2.82. The minimum absolute atomic E-state index is 0.0315. The van der Waals surface area contributed by atoms with Gasteiger partial charge in [0.15, 0.2) is 5.78 Å². The molecule has 0 aliphatic rings. The third kappa shape index (κ3) is 3.82. The highest BCUT2D eigenvalue weighted by molar-refractivity contribution is 5.80. The summed E-state index contributed by atoms with van der Waals surface area (Å²) in [6, 6.07) is 13.6. The maximum absolute atomic E-state index is 12.5. The van der Waals surface area contributed by atoms with E-state index in [1.807, 2.05) is 57.2 Å². The lowest BCUT2D eigenvalue weighted by atomic mass is 9.95. The molecule has 1 aromatic heterocycles. The first-order chi connectivity index (χ1) is 11.9. The number of fused-ring (bicyclic) bond motifs is 1. The van der Waals surface area contributed by atoms with Crippen LogP contribution in [0, 0.1) is 13.8 Å². The molecule has 3 aromatic rings. The topological polar surface area (TPSA) is 64.8 Å². The van der Waals surface area contributed by atoms with Gasteiger partial charge < -0.3 is 0 Å². The molecule has 0 aliphatic heterocycles. The number of hydrogen-bond acceptors (Lipinski definition) is 4. The van der Waals surface area contributed by atoms with E-state index in [4.69, 9.17) is 0 Å². The van der Waals surface area contributed by atoms with E-state index >= 15 is 0 Å². The van der Waals surface area contributed by atoms with Crippen molar-refractivity contribution in [3.05, 3.63) is 69.5 Å². The van der Waals surface area contributed by atoms with Gasteiger partial charge in [-0.05, 0) is 43.0 Å².